The molecule has 0 saturated carbocycles. The molecule has 0 atom stereocenters. The number of amides is 1. The van der Waals surface area contributed by atoms with Crippen LogP contribution in [0.5, 0.6) is 0 Å². The van der Waals surface area contributed by atoms with E-state index >= 15 is 0 Å². The lowest BCUT2D eigenvalue weighted by atomic mass is 9.96. The molecule has 0 aliphatic rings. The van der Waals surface area contributed by atoms with Gasteiger partial charge >= 0.3 is 0 Å². The normalized spacial score (nSPS) is 11.4. The summed E-state index contributed by atoms with van der Waals surface area (Å²) in [6, 6.07) is 0. The van der Waals surface area contributed by atoms with E-state index in [2.05, 4.69) is 0 Å². The lowest BCUT2D eigenvalue weighted by Gasteiger charge is -2.10. The lowest BCUT2D eigenvalue weighted by Crippen LogP contribution is -2.27. The van der Waals surface area contributed by atoms with Gasteiger partial charge in [0.05, 0.1) is 6.26 Å². The van der Waals surface area contributed by atoms with Crippen LogP contribution >= 0.6 is 0 Å². The lowest BCUT2D eigenvalue weighted by molar-refractivity contribution is -0.125. The number of hydrogen-bond acceptors (Lipinski definition) is 3. The molecule has 74 valence electrons. The first-order valence-corrected chi connectivity index (χ1v) is 5.02. The fraction of sp³-hybridized carbons (Fsp3) is 0.833. The highest BCUT2D eigenvalue weighted by Gasteiger charge is 2.16. The van der Waals surface area contributed by atoms with Crippen molar-refractivity contribution in [2.24, 2.45) is 11.1 Å². The van der Waals surface area contributed by atoms with Gasteiger partial charge in [0, 0.05) is 5.41 Å². The first-order chi connectivity index (χ1) is 4.94. The van der Waals surface area contributed by atoms with Crippen molar-refractivity contribution in [2.45, 2.75) is 20.8 Å². The summed E-state index contributed by atoms with van der Waals surface area (Å²) < 4.78 is 25.9. The second-order valence-corrected chi connectivity index (χ2v) is 4.81. The van der Waals surface area contributed by atoms with Crippen LogP contribution < -0.4 is 5.73 Å². The van der Waals surface area contributed by atoms with Gasteiger partial charge in [-0.2, -0.15) is 8.42 Å². The number of nitrogens with two attached hydrogens (primary N) is 1. The zero-order chi connectivity index (χ0) is 10.6. The Hall–Kier alpha value is -0.620. The molecule has 6 heteroatoms. The van der Waals surface area contributed by atoms with Crippen molar-refractivity contribution in [1.82, 2.24) is 0 Å². The molecule has 0 saturated heterocycles. The third kappa shape index (κ3) is 22.8. The van der Waals surface area contributed by atoms with Crippen LogP contribution in [0.2, 0.25) is 0 Å². The minimum Gasteiger partial charge on any atom is -0.369 e. The topological polar surface area (TPSA) is 97.5 Å². The Balaban J connectivity index is 0. The van der Waals surface area contributed by atoms with Crippen LogP contribution in [0.15, 0.2) is 0 Å². The molecule has 0 spiro atoms. The molecule has 3 N–H and O–H groups in total. The minimum absolute atomic E-state index is 0.257. The Bertz CT molecular complexity index is 229. The van der Waals surface area contributed by atoms with Crippen molar-refractivity contribution in [2.75, 3.05) is 6.26 Å². The number of carbonyl (C=O) groups excluding carboxylic acids is 1. The highest BCUT2D eigenvalue weighted by molar-refractivity contribution is 7.85. The van der Waals surface area contributed by atoms with E-state index in [1.807, 2.05) is 0 Å². The van der Waals surface area contributed by atoms with Crippen LogP contribution in [0.4, 0.5) is 0 Å². The molecule has 0 bridgehead atoms. The molecule has 0 aromatic carbocycles. The van der Waals surface area contributed by atoms with E-state index in [-0.39, 0.29) is 11.3 Å². The summed E-state index contributed by atoms with van der Waals surface area (Å²) >= 11 is 0. The Morgan fingerprint density at radius 3 is 1.42 bits per heavy atom. The maximum Gasteiger partial charge on any atom is 0.261 e. The summed E-state index contributed by atoms with van der Waals surface area (Å²) in [7, 11) is -3.67. The highest BCUT2D eigenvalue weighted by Crippen LogP contribution is 2.09. The molecule has 5 nitrogen and oxygen atoms in total. The smallest absolute Gasteiger partial charge is 0.261 e. The first-order valence-electron chi connectivity index (χ1n) is 3.17. The van der Waals surface area contributed by atoms with Crippen LogP contribution in [0.1, 0.15) is 20.8 Å². The van der Waals surface area contributed by atoms with Crippen LogP contribution in [0, 0.1) is 5.41 Å². The molecule has 0 aliphatic carbocycles. The quantitative estimate of drug-likeness (QED) is 0.535. The average Bonchev–Trinajstić information content (AvgIpc) is 1.55. The Morgan fingerprint density at radius 2 is 1.42 bits per heavy atom. The Labute approximate surface area is 72.7 Å². The SMILES string of the molecule is CC(C)(C)C(N)=O.CS(=O)(=O)O. The molecule has 0 unspecified atom stereocenters. The van der Waals surface area contributed by atoms with Gasteiger partial charge in [-0.05, 0) is 0 Å². The second-order valence-electron chi connectivity index (χ2n) is 3.35. The Kier molecular flexibility index (Phi) is 5.13. The summed E-state index contributed by atoms with van der Waals surface area (Å²) in [4.78, 5) is 10.2. The third-order valence-electron chi connectivity index (χ3n) is 0.739. The van der Waals surface area contributed by atoms with Crippen molar-refractivity contribution < 1.29 is 17.8 Å². The standard InChI is InChI=1S/C5H11NO.CH4O3S/c1-5(2,3)4(6)7;1-5(2,3)4/h1-3H3,(H2,6,7);1H3,(H,2,3,4). The van der Waals surface area contributed by atoms with Gasteiger partial charge in [-0.25, -0.2) is 0 Å². The second kappa shape index (κ2) is 4.42. The minimum atomic E-state index is -3.67. The fourth-order valence-corrected chi connectivity index (χ4v) is 0. The molecule has 0 radical (unpaired) electrons. The first kappa shape index (κ1) is 13.9. The van der Waals surface area contributed by atoms with Gasteiger partial charge < -0.3 is 5.73 Å². The number of primary amides is 1. The van der Waals surface area contributed by atoms with E-state index in [9.17, 15) is 13.2 Å². The van der Waals surface area contributed by atoms with Gasteiger partial charge in [0.25, 0.3) is 10.1 Å². The maximum atomic E-state index is 10.2. The summed E-state index contributed by atoms with van der Waals surface area (Å²) in [6.07, 6.45) is 0.715. The molecule has 0 aromatic rings. The van der Waals surface area contributed by atoms with Crippen LogP contribution in [0.25, 0.3) is 0 Å². The number of rotatable bonds is 0. The van der Waals surface area contributed by atoms with E-state index < -0.39 is 10.1 Å². The van der Waals surface area contributed by atoms with Crippen molar-refractivity contribution in [3.8, 4) is 0 Å². The summed E-state index contributed by atoms with van der Waals surface area (Å²) in [5.41, 5.74) is 4.57. The highest BCUT2D eigenvalue weighted by atomic mass is 32.2. The van der Waals surface area contributed by atoms with Crippen LogP contribution in [-0.2, 0) is 14.9 Å². The van der Waals surface area contributed by atoms with E-state index in [4.69, 9.17) is 10.3 Å². The van der Waals surface area contributed by atoms with E-state index in [0.717, 1.165) is 0 Å². The zero-order valence-electron chi connectivity index (χ0n) is 7.66. The van der Waals surface area contributed by atoms with Gasteiger partial charge in [-0.1, -0.05) is 20.8 Å². The molecule has 12 heavy (non-hydrogen) atoms. The van der Waals surface area contributed by atoms with E-state index in [0.29, 0.717) is 6.26 Å². The average molecular weight is 197 g/mol. The fourth-order valence-electron chi connectivity index (χ4n) is 0. The molecule has 0 heterocycles. The number of hydrogen-bond donors (Lipinski definition) is 2. The van der Waals surface area contributed by atoms with Crippen molar-refractivity contribution in [3.63, 3.8) is 0 Å². The van der Waals surface area contributed by atoms with Gasteiger partial charge in [0.15, 0.2) is 0 Å². The number of carbonyl (C=O) groups is 1. The van der Waals surface area contributed by atoms with Gasteiger partial charge in [-0.15, -0.1) is 0 Å². The molecule has 0 aliphatic heterocycles. The van der Waals surface area contributed by atoms with Gasteiger partial charge in [-0.3, -0.25) is 9.35 Å². The van der Waals surface area contributed by atoms with Gasteiger partial charge in [0.2, 0.25) is 5.91 Å². The van der Waals surface area contributed by atoms with Crippen molar-refractivity contribution in [3.05, 3.63) is 0 Å². The predicted molar refractivity (Wildman–Crippen MR) is 46.1 cm³/mol. The monoisotopic (exact) mass is 197 g/mol. The van der Waals surface area contributed by atoms with Gasteiger partial charge in [0.1, 0.15) is 0 Å². The zero-order valence-corrected chi connectivity index (χ0v) is 8.47. The summed E-state index contributed by atoms with van der Waals surface area (Å²) in [5, 5.41) is 0. The van der Waals surface area contributed by atoms with Crippen LogP contribution in [-0.4, -0.2) is 25.1 Å². The van der Waals surface area contributed by atoms with Crippen molar-refractivity contribution in [1.29, 1.82) is 0 Å². The van der Waals surface area contributed by atoms with Crippen molar-refractivity contribution >= 4 is 16.0 Å². The molecule has 0 fully saturated rings. The van der Waals surface area contributed by atoms with E-state index in [1.165, 1.54) is 0 Å². The summed E-state index contributed by atoms with van der Waals surface area (Å²) in [5.74, 6) is -0.257. The molecule has 0 aromatic heterocycles. The molecular weight excluding hydrogens is 182 g/mol. The maximum absolute atomic E-state index is 10.2. The molecular formula is C6H15NO4S. The van der Waals surface area contributed by atoms with Crippen LogP contribution in [0.3, 0.4) is 0 Å². The molecule has 0 rings (SSSR count). The van der Waals surface area contributed by atoms with E-state index in [1.54, 1.807) is 20.8 Å². The summed E-state index contributed by atoms with van der Waals surface area (Å²) in [6.45, 7) is 5.36. The largest absolute Gasteiger partial charge is 0.369 e. The third-order valence-corrected chi connectivity index (χ3v) is 0.739. The Morgan fingerprint density at radius 1 is 1.33 bits per heavy atom. The predicted octanol–water partition coefficient (Wildman–Crippen LogP) is 0.0218. The molecule has 1 amide bonds.